The third-order valence-corrected chi connectivity index (χ3v) is 3.78. The summed E-state index contributed by atoms with van der Waals surface area (Å²) in [6.45, 7) is 2.43. The SMILES string of the molecule is Cc1cc(NC(=O)NC2CCCn3ncnc32)ccc1[N+](=O)[O-]. The third kappa shape index (κ3) is 3.12. The van der Waals surface area contributed by atoms with E-state index in [1.165, 1.54) is 18.5 Å². The van der Waals surface area contributed by atoms with Gasteiger partial charge in [0.2, 0.25) is 0 Å². The number of carbonyl (C=O) groups is 1. The summed E-state index contributed by atoms with van der Waals surface area (Å²) in [5.74, 6) is 0.742. The first-order chi connectivity index (χ1) is 11.0. The standard InChI is InChI=1S/C14H16N6O3/c1-9-7-10(4-5-12(9)20(22)23)17-14(21)18-11-3-2-6-19-13(11)15-8-16-19/h4-5,7-8,11H,2-3,6H2,1H3,(H2,17,18,21). The Hall–Kier alpha value is -2.97. The summed E-state index contributed by atoms with van der Waals surface area (Å²) < 4.78 is 1.78. The van der Waals surface area contributed by atoms with Gasteiger partial charge >= 0.3 is 6.03 Å². The number of carbonyl (C=O) groups excluding carboxylic acids is 1. The number of hydrogen-bond acceptors (Lipinski definition) is 5. The molecule has 1 aliphatic rings. The molecule has 0 radical (unpaired) electrons. The summed E-state index contributed by atoms with van der Waals surface area (Å²) >= 11 is 0. The molecule has 0 saturated heterocycles. The van der Waals surface area contributed by atoms with Crippen LogP contribution in [0.2, 0.25) is 0 Å². The Morgan fingerprint density at radius 1 is 1.48 bits per heavy atom. The molecule has 1 aromatic heterocycles. The molecule has 0 fully saturated rings. The zero-order valence-corrected chi connectivity index (χ0v) is 12.5. The molecule has 1 atom stereocenters. The van der Waals surface area contributed by atoms with Crippen molar-refractivity contribution in [3.8, 4) is 0 Å². The van der Waals surface area contributed by atoms with E-state index in [9.17, 15) is 14.9 Å². The minimum absolute atomic E-state index is 0.0244. The molecule has 9 nitrogen and oxygen atoms in total. The molecule has 1 aromatic carbocycles. The molecular weight excluding hydrogens is 300 g/mol. The molecule has 1 aliphatic heterocycles. The van der Waals surface area contributed by atoms with Gasteiger partial charge in [0, 0.05) is 23.9 Å². The lowest BCUT2D eigenvalue weighted by molar-refractivity contribution is -0.385. The Morgan fingerprint density at radius 3 is 3.04 bits per heavy atom. The number of benzene rings is 1. The van der Waals surface area contributed by atoms with Gasteiger partial charge in [-0.1, -0.05) is 0 Å². The summed E-state index contributed by atoms with van der Waals surface area (Å²) in [6.07, 6.45) is 3.19. The lowest BCUT2D eigenvalue weighted by Crippen LogP contribution is -2.36. The molecule has 0 saturated carbocycles. The van der Waals surface area contributed by atoms with Crippen molar-refractivity contribution in [3.05, 3.63) is 46.0 Å². The molecule has 2 heterocycles. The first-order valence-electron chi connectivity index (χ1n) is 7.25. The summed E-state index contributed by atoms with van der Waals surface area (Å²) in [5, 5.41) is 20.5. The van der Waals surface area contributed by atoms with Crippen molar-refractivity contribution in [1.29, 1.82) is 0 Å². The fourth-order valence-electron chi connectivity index (χ4n) is 2.69. The van der Waals surface area contributed by atoms with E-state index in [1.807, 2.05) is 0 Å². The topological polar surface area (TPSA) is 115 Å². The first kappa shape index (κ1) is 14.9. The molecule has 120 valence electrons. The van der Waals surface area contributed by atoms with Crippen molar-refractivity contribution in [2.75, 3.05) is 5.32 Å². The van der Waals surface area contributed by atoms with Gasteiger partial charge in [-0.25, -0.2) is 14.5 Å². The van der Waals surface area contributed by atoms with Crippen molar-refractivity contribution in [2.45, 2.75) is 32.4 Å². The number of nitro groups is 1. The number of nitro benzene ring substituents is 1. The molecule has 9 heteroatoms. The zero-order chi connectivity index (χ0) is 16.4. The predicted octanol–water partition coefficient (Wildman–Crippen LogP) is 2.15. The van der Waals surface area contributed by atoms with Crippen LogP contribution in [0.1, 0.15) is 30.3 Å². The molecule has 1 unspecified atom stereocenters. The Bertz CT molecular complexity index is 757. The molecule has 2 N–H and O–H groups in total. The van der Waals surface area contributed by atoms with Gasteiger partial charge in [0.25, 0.3) is 5.69 Å². The number of urea groups is 1. The normalized spacial score (nSPS) is 16.5. The molecule has 0 spiro atoms. The van der Waals surface area contributed by atoms with E-state index in [-0.39, 0.29) is 17.8 Å². The number of aromatic nitrogens is 3. The summed E-state index contributed by atoms with van der Waals surface area (Å²) in [7, 11) is 0. The molecule has 23 heavy (non-hydrogen) atoms. The number of hydrogen-bond donors (Lipinski definition) is 2. The van der Waals surface area contributed by atoms with Crippen LogP contribution in [0, 0.1) is 17.0 Å². The average Bonchev–Trinajstić information content (AvgIpc) is 2.96. The Balaban J connectivity index is 1.67. The second-order valence-corrected chi connectivity index (χ2v) is 5.39. The van der Waals surface area contributed by atoms with Gasteiger partial charge in [-0.3, -0.25) is 10.1 Å². The Morgan fingerprint density at radius 2 is 2.30 bits per heavy atom. The lowest BCUT2D eigenvalue weighted by Gasteiger charge is -2.23. The molecule has 2 amide bonds. The lowest BCUT2D eigenvalue weighted by atomic mass is 10.1. The average molecular weight is 316 g/mol. The van der Waals surface area contributed by atoms with Gasteiger partial charge in [0.05, 0.1) is 11.0 Å². The largest absolute Gasteiger partial charge is 0.328 e. The maximum absolute atomic E-state index is 12.1. The monoisotopic (exact) mass is 316 g/mol. The van der Waals surface area contributed by atoms with Gasteiger partial charge in [-0.15, -0.1) is 0 Å². The second kappa shape index (κ2) is 6.03. The Labute approximate surface area is 131 Å². The van der Waals surface area contributed by atoms with Crippen LogP contribution in [-0.2, 0) is 6.54 Å². The summed E-state index contributed by atoms with van der Waals surface area (Å²) in [5.41, 5.74) is 1.02. The number of rotatable bonds is 3. The summed E-state index contributed by atoms with van der Waals surface area (Å²) in [6, 6.07) is 3.89. The van der Waals surface area contributed by atoms with Crippen LogP contribution < -0.4 is 10.6 Å². The second-order valence-electron chi connectivity index (χ2n) is 5.39. The molecule has 0 aliphatic carbocycles. The van der Waals surface area contributed by atoms with Crippen LogP contribution >= 0.6 is 0 Å². The molecular formula is C14H16N6O3. The quantitative estimate of drug-likeness (QED) is 0.665. The van der Waals surface area contributed by atoms with Crippen LogP contribution in [-0.4, -0.2) is 25.7 Å². The van der Waals surface area contributed by atoms with Crippen molar-refractivity contribution in [3.63, 3.8) is 0 Å². The highest BCUT2D eigenvalue weighted by atomic mass is 16.6. The van der Waals surface area contributed by atoms with Crippen LogP contribution in [0.5, 0.6) is 0 Å². The van der Waals surface area contributed by atoms with Gasteiger partial charge in [0.15, 0.2) is 0 Å². The maximum Gasteiger partial charge on any atom is 0.319 e. The van der Waals surface area contributed by atoms with Crippen molar-refractivity contribution in [1.82, 2.24) is 20.1 Å². The van der Waals surface area contributed by atoms with Gasteiger partial charge in [-0.2, -0.15) is 5.10 Å². The van der Waals surface area contributed by atoms with Gasteiger partial charge in [-0.05, 0) is 31.9 Å². The fraction of sp³-hybridized carbons (Fsp3) is 0.357. The minimum atomic E-state index is -0.450. The molecule has 0 bridgehead atoms. The third-order valence-electron chi connectivity index (χ3n) is 3.78. The van der Waals surface area contributed by atoms with E-state index in [0.717, 1.165) is 25.2 Å². The van der Waals surface area contributed by atoms with Crippen LogP contribution in [0.25, 0.3) is 0 Å². The Kier molecular flexibility index (Phi) is 3.92. The number of anilines is 1. The first-order valence-corrected chi connectivity index (χ1v) is 7.25. The number of nitrogens with one attached hydrogen (secondary N) is 2. The number of fused-ring (bicyclic) bond motifs is 1. The van der Waals surface area contributed by atoms with Crippen molar-refractivity contribution >= 4 is 17.4 Å². The minimum Gasteiger partial charge on any atom is -0.328 e. The molecule has 3 rings (SSSR count). The highest BCUT2D eigenvalue weighted by molar-refractivity contribution is 5.89. The van der Waals surface area contributed by atoms with Gasteiger partial charge in [0.1, 0.15) is 12.2 Å². The summed E-state index contributed by atoms with van der Waals surface area (Å²) in [4.78, 5) is 26.7. The van der Waals surface area contributed by atoms with E-state index < -0.39 is 4.92 Å². The van der Waals surface area contributed by atoms with Crippen LogP contribution in [0.15, 0.2) is 24.5 Å². The molecule has 2 aromatic rings. The van der Waals surface area contributed by atoms with Crippen molar-refractivity contribution in [2.24, 2.45) is 0 Å². The number of aryl methyl sites for hydroxylation is 2. The number of amides is 2. The van der Waals surface area contributed by atoms with Crippen LogP contribution in [0.4, 0.5) is 16.2 Å². The fourth-order valence-corrected chi connectivity index (χ4v) is 2.69. The zero-order valence-electron chi connectivity index (χ0n) is 12.5. The van der Waals surface area contributed by atoms with E-state index >= 15 is 0 Å². The van der Waals surface area contributed by atoms with Crippen LogP contribution in [0.3, 0.4) is 0 Å². The van der Waals surface area contributed by atoms with E-state index in [0.29, 0.717) is 11.3 Å². The maximum atomic E-state index is 12.1. The smallest absolute Gasteiger partial charge is 0.319 e. The number of nitrogens with zero attached hydrogens (tertiary/aromatic N) is 4. The van der Waals surface area contributed by atoms with E-state index in [2.05, 4.69) is 20.7 Å². The predicted molar refractivity (Wildman–Crippen MR) is 82.0 cm³/mol. The van der Waals surface area contributed by atoms with E-state index in [4.69, 9.17) is 0 Å². The van der Waals surface area contributed by atoms with Crippen molar-refractivity contribution < 1.29 is 9.72 Å². The van der Waals surface area contributed by atoms with E-state index in [1.54, 1.807) is 17.7 Å². The highest BCUT2D eigenvalue weighted by Gasteiger charge is 2.24. The van der Waals surface area contributed by atoms with Gasteiger partial charge < -0.3 is 10.6 Å². The highest BCUT2D eigenvalue weighted by Crippen LogP contribution is 2.23.